The van der Waals surface area contributed by atoms with Crippen LogP contribution in [0.25, 0.3) is 44.5 Å². The number of rotatable bonds is 5. The van der Waals surface area contributed by atoms with Crippen LogP contribution in [0.4, 0.5) is 17.1 Å². The van der Waals surface area contributed by atoms with E-state index in [0.717, 1.165) is 17.1 Å². The molecule has 0 aromatic heterocycles. The summed E-state index contributed by atoms with van der Waals surface area (Å²) in [6, 6.07) is 56.9. The van der Waals surface area contributed by atoms with Crippen LogP contribution in [0, 0.1) is 6.92 Å². The first-order valence-corrected chi connectivity index (χ1v) is 19.4. The summed E-state index contributed by atoms with van der Waals surface area (Å²) in [6.07, 6.45) is 0. The highest BCUT2D eigenvalue weighted by Gasteiger charge is 2.38. The van der Waals surface area contributed by atoms with Crippen molar-refractivity contribution in [3.8, 4) is 44.5 Å². The Balaban J connectivity index is 1.16. The first kappa shape index (κ1) is 34.1. The van der Waals surface area contributed by atoms with Crippen LogP contribution in [0.5, 0.6) is 0 Å². The second-order valence-corrected chi connectivity index (χ2v) is 17.6. The molecule has 0 atom stereocenters. The molecule has 0 amide bonds. The number of benzene rings is 7. The molecule has 2 aliphatic carbocycles. The minimum atomic E-state index is -0.0854. The van der Waals surface area contributed by atoms with Gasteiger partial charge >= 0.3 is 0 Å². The van der Waals surface area contributed by atoms with E-state index in [0.29, 0.717) is 0 Å². The second kappa shape index (κ2) is 12.2. The van der Waals surface area contributed by atoms with Crippen LogP contribution in [0.15, 0.2) is 152 Å². The average molecular weight is 700 g/mol. The molecule has 2 aliphatic rings. The maximum atomic E-state index is 2.47. The van der Waals surface area contributed by atoms with Crippen LogP contribution in [-0.4, -0.2) is 0 Å². The van der Waals surface area contributed by atoms with Crippen molar-refractivity contribution in [2.75, 3.05) is 4.90 Å². The van der Waals surface area contributed by atoms with Crippen LogP contribution < -0.4 is 4.90 Å². The second-order valence-electron chi connectivity index (χ2n) is 17.6. The summed E-state index contributed by atoms with van der Waals surface area (Å²) in [5, 5.41) is 0. The molecule has 0 saturated carbocycles. The Morgan fingerprint density at radius 3 is 1.63 bits per heavy atom. The molecule has 0 aliphatic heterocycles. The molecule has 0 saturated heterocycles. The van der Waals surface area contributed by atoms with Crippen molar-refractivity contribution >= 4 is 17.1 Å². The lowest BCUT2D eigenvalue weighted by molar-refractivity contribution is 0.584. The van der Waals surface area contributed by atoms with Gasteiger partial charge in [0.1, 0.15) is 0 Å². The van der Waals surface area contributed by atoms with Crippen molar-refractivity contribution in [3.63, 3.8) is 0 Å². The summed E-state index contributed by atoms with van der Waals surface area (Å²) in [4.78, 5) is 2.42. The summed E-state index contributed by atoms with van der Waals surface area (Å²) in [5.74, 6) is 0. The van der Waals surface area contributed by atoms with Gasteiger partial charge in [0, 0.05) is 27.9 Å². The van der Waals surface area contributed by atoms with Crippen molar-refractivity contribution in [3.05, 3.63) is 185 Å². The maximum Gasteiger partial charge on any atom is 0.0465 e. The molecule has 0 fully saturated rings. The molecule has 0 bridgehead atoms. The fourth-order valence-corrected chi connectivity index (χ4v) is 9.19. The number of aryl methyl sites for hydroxylation is 1. The third kappa shape index (κ3) is 5.36. The van der Waals surface area contributed by atoms with Gasteiger partial charge in [-0.1, -0.05) is 169 Å². The molecule has 7 aromatic rings. The lowest BCUT2D eigenvalue weighted by Crippen LogP contribution is -2.17. The molecule has 0 unspecified atom stereocenters. The molecule has 0 N–H and O–H groups in total. The van der Waals surface area contributed by atoms with E-state index in [1.165, 1.54) is 77.9 Å². The van der Waals surface area contributed by atoms with Gasteiger partial charge in [0.05, 0.1) is 0 Å². The molecule has 0 spiro atoms. The van der Waals surface area contributed by atoms with E-state index < -0.39 is 0 Å². The van der Waals surface area contributed by atoms with Gasteiger partial charge in [-0.3, -0.25) is 0 Å². The summed E-state index contributed by atoms with van der Waals surface area (Å²) < 4.78 is 0. The monoisotopic (exact) mass is 699 g/mol. The molecule has 1 nitrogen and oxygen atoms in total. The number of fused-ring (bicyclic) bond motifs is 6. The third-order valence-corrected chi connectivity index (χ3v) is 12.3. The van der Waals surface area contributed by atoms with Gasteiger partial charge in [0.25, 0.3) is 0 Å². The third-order valence-electron chi connectivity index (χ3n) is 12.3. The zero-order valence-electron chi connectivity index (χ0n) is 32.9. The Labute approximate surface area is 322 Å². The summed E-state index contributed by atoms with van der Waals surface area (Å²) in [7, 11) is 0. The molecular weight excluding hydrogens is 651 g/mol. The van der Waals surface area contributed by atoms with E-state index in [9.17, 15) is 0 Å². The fourth-order valence-electron chi connectivity index (χ4n) is 9.19. The predicted molar refractivity (Wildman–Crippen MR) is 231 cm³/mol. The van der Waals surface area contributed by atoms with Crippen molar-refractivity contribution < 1.29 is 0 Å². The Hall–Kier alpha value is -5.66. The average Bonchev–Trinajstić information content (AvgIpc) is 3.54. The topological polar surface area (TPSA) is 3.24 Å². The highest BCUT2D eigenvalue weighted by molar-refractivity contribution is 5.94. The van der Waals surface area contributed by atoms with Gasteiger partial charge in [-0.15, -0.1) is 0 Å². The highest BCUT2D eigenvalue weighted by Crippen LogP contribution is 2.54. The quantitative estimate of drug-likeness (QED) is 0.173. The van der Waals surface area contributed by atoms with Crippen LogP contribution in [-0.2, 0) is 16.2 Å². The van der Waals surface area contributed by atoms with Gasteiger partial charge in [-0.05, 0) is 121 Å². The Morgan fingerprint density at radius 1 is 0.407 bits per heavy atom. The van der Waals surface area contributed by atoms with E-state index in [1.807, 2.05) is 0 Å². The van der Waals surface area contributed by atoms with Gasteiger partial charge in [0.2, 0.25) is 0 Å². The number of hydrogen-bond acceptors (Lipinski definition) is 1. The Kier molecular flexibility index (Phi) is 7.70. The van der Waals surface area contributed by atoms with E-state index in [-0.39, 0.29) is 16.2 Å². The van der Waals surface area contributed by atoms with Gasteiger partial charge < -0.3 is 4.90 Å². The normalized spacial score (nSPS) is 14.6. The molecule has 9 rings (SSSR count). The minimum Gasteiger partial charge on any atom is -0.310 e. The van der Waals surface area contributed by atoms with Crippen LogP contribution in [0.1, 0.15) is 81.8 Å². The first-order chi connectivity index (χ1) is 25.8. The van der Waals surface area contributed by atoms with Crippen molar-refractivity contribution in [1.29, 1.82) is 0 Å². The minimum absolute atomic E-state index is 0.0731. The summed E-state index contributed by atoms with van der Waals surface area (Å²) in [6.45, 7) is 18.7. The standard InChI is InChI=1S/C53H49N/c1-34-30-45(50-44-28-22-38(51(2,3)4)32-47(44)53(7,8)49(50)31-34)37-20-25-40(26-21-37)54(39-23-18-36(19-24-39)35-14-10-9-11-15-35)41-27-29-43-42-16-12-13-17-46(42)52(5,6)48(43)33-41/h9-33H,1-8H3. The van der Waals surface area contributed by atoms with E-state index >= 15 is 0 Å². The lowest BCUT2D eigenvalue weighted by Gasteiger charge is -2.28. The largest absolute Gasteiger partial charge is 0.310 e. The predicted octanol–water partition coefficient (Wildman–Crippen LogP) is 14.7. The van der Waals surface area contributed by atoms with Crippen molar-refractivity contribution in [2.45, 2.75) is 71.6 Å². The SMILES string of the molecule is Cc1cc(-c2ccc(N(c3ccc(-c4ccccc4)cc3)c3ccc4c(c3)C(C)(C)c3ccccc3-4)cc2)c2c(c1)C(C)(C)c1cc(C(C)(C)C)ccc1-2. The molecule has 7 aromatic carbocycles. The molecule has 54 heavy (non-hydrogen) atoms. The van der Waals surface area contributed by atoms with E-state index in [4.69, 9.17) is 0 Å². The lowest BCUT2D eigenvalue weighted by atomic mass is 9.78. The van der Waals surface area contributed by atoms with Crippen molar-refractivity contribution in [1.82, 2.24) is 0 Å². The van der Waals surface area contributed by atoms with Crippen LogP contribution >= 0.6 is 0 Å². The molecule has 1 heteroatoms. The van der Waals surface area contributed by atoms with E-state index in [2.05, 4.69) is 212 Å². The van der Waals surface area contributed by atoms with Gasteiger partial charge in [0.15, 0.2) is 0 Å². The number of hydrogen-bond donors (Lipinski definition) is 0. The summed E-state index contributed by atoms with van der Waals surface area (Å²) >= 11 is 0. The zero-order chi connectivity index (χ0) is 37.6. The zero-order valence-corrected chi connectivity index (χ0v) is 32.9. The Morgan fingerprint density at radius 2 is 0.944 bits per heavy atom. The van der Waals surface area contributed by atoms with Gasteiger partial charge in [-0.2, -0.15) is 0 Å². The van der Waals surface area contributed by atoms with Crippen LogP contribution in [0.3, 0.4) is 0 Å². The van der Waals surface area contributed by atoms with Crippen molar-refractivity contribution in [2.24, 2.45) is 0 Å². The highest BCUT2D eigenvalue weighted by atomic mass is 15.1. The molecular formula is C53H49N. The molecule has 266 valence electrons. The first-order valence-electron chi connectivity index (χ1n) is 19.4. The number of anilines is 3. The van der Waals surface area contributed by atoms with E-state index in [1.54, 1.807) is 0 Å². The smallest absolute Gasteiger partial charge is 0.0465 e. The molecule has 0 radical (unpaired) electrons. The molecule has 0 heterocycles. The number of nitrogens with zero attached hydrogens (tertiary/aromatic N) is 1. The van der Waals surface area contributed by atoms with Crippen LogP contribution in [0.2, 0.25) is 0 Å². The van der Waals surface area contributed by atoms with Gasteiger partial charge in [-0.25, -0.2) is 0 Å². The maximum absolute atomic E-state index is 2.47. The Bertz CT molecular complexity index is 2560. The summed E-state index contributed by atoms with van der Waals surface area (Å²) in [5.41, 5.74) is 22.1. The fraction of sp³-hybridized carbons (Fsp3) is 0.208.